The number of nitrogens with zero attached hydrogens (tertiary/aromatic N) is 3. The summed E-state index contributed by atoms with van der Waals surface area (Å²) in [5.41, 5.74) is 9.49. The highest BCUT2D eigenvalue weighted by molar-refractivity contribution is 6.45. The second-order valence-electron chi connectivity index (χ2n) is 5.32. The molecule has 1 aliphatic heterocycles. The topological polar surface area (TPSA) is 118 Å². The van der Waals surface area contributed by atoms with Crippen molar-refractivity contribution in [1.82, 2.24) is 0 Å². The van der Waals surface area contributed by atoms with Crippen LogP contribution >= 0.6 is 0 Å². The van der Waals surface area contributed by atoms with Crippen LogP contribution < -0.4 is 16.1 Å². The van der Waals surface area contributed by atoms with Crippen LogP contribution in [0, 0.1) is 16.7 Å². The van der Waals surface area contributed by atoms with Crippen molar-refractivity contribution in [2.24, 2.45) is 10.8 Å². The van der Waals surface area contributed by atoms with Crippen molar-refractivity contribution >= 4 is 28.8 Å². The number of carbonyl (C=O) groups is 1. The number of anilines is 2. The van der Waals surface area contributed by atoms with Gasteiger partial charge in [-0.25, -0.2) is 0 Å². The molecular weight excluding hydrogens is 268 g/mol. The molecule has 2 rings (SSSR count). The Morgan fingerprint density at radius 2 is 2.19 bits per heavy atom. The smallest absolute Gasteiger partial charge is 0.236 e. The van der Waals surface area contributed by atoms with Gasteiger partial charge in [0.05, 0.1) is 11.1 Å². The van der Waals surface area contributed by atoms with Crippen LogP contribution in [0.1, 0.15) is 19.4 Å². The summed E-state index contributed by atoms with van der Waals surface area (Å²) >= 11 is 0. The van der Waals surface area contributed by atoms with E-state index in [9.17, 15) is 4.79 Å². The molecule has 1 aliphatic rings. The van der Waals surface area contributed by atoms with Gasteiger partial charge in [0, 0.05) is 12.7 Å². The van der Waals surface area contributed by atoms with Crippen molar-refractivity contribution in [1.29, 1.82) is 10.7 Å². The molecule has 1 aromatic carbocycles. The number of likely N-dealkylation sites (N-methyl/N-ethyl adjacent to an activating group) is 1. The van der Waals surface area contributed by atoms with E-state index >= 15 is 0 Å². The van der Waals surface area contributed by atoms with Crippen LogP contribution in [-0.4, -0.2) is 24.5 Å². The molecule has 1 aromatic rings. The van der Waals surface area contributed by atoms with Crippen LogP contribution in [0.25, 0.3) is 0 Å². The Balaban J connectivity index is 2.35. The molecule has 0 aliphatic carbocycles. The van der Waals surface area contributed by atoms with Gasteiger partial charge in [0.15, 0.2) is 5.84 Å². The lowest BCUT2D eigenvalue weighted by atomic mass is 9.86. The highest BCUT2D eigenvalue weighted by Crippen LogP contribution is 2.41. The maximum atomic E-state index is 12.2. The van der Waals surface area contributed by atoms with Gasteiger partial charge >= 0.3 is 0 Å². The van der Waals surface area contributed by atoms with E-state index in [-0.39, 0.29) is 11.6 Å². The summed E-state index contributed by atoms with van der Waals surface area (Å²) < 4.78 is 0. The molecule has 0 aromatic heterocycles. The fourth-order valence-electron chi connectivity index (χ4n) is 2.32. The lowest BCUT2D eigenvalue weighted by Gasteiger charge is -2.16. The molecule has 1 amide bonds. The van der Waals surface area contributed by atoms with Gasteiger partial charge < -0.3 is 10.6 Å². The van der Waals surface area contributed by atoms with E-state index in [2.05, 4.69) is 10.5 Å². The number of amidine groups is 1. The summed E-state index contributed by atoms with van der Waals surface area (Å²) in [6.45, 7) is 3.76. The molecule has 0 spiro atoms. The van der Waals surface area contributed by atoms with Gasteiger partial charge in [-0.1, -0.05) is 6.07 Å². The quantitative estimate of drug-likeness (QED) is 0.438. The third kappa shape index (κ3) is 2.31. The Kier molecular flexibility index (Phi) is 3.39. The van der Waals surface area contributed by atoms with E-state index in [1.54, 1.807) is 30.1 Å². The molecule has 0 saturated heterocycles. The molecule has 0 fully saturated rings. The average Bonchev–Trinajstić information content (AvgIpc) is 2.60. The van der Waals surface area contributed by atoms with E-state index in [0.29, 0.717) is 5.69 Å². The molecule has 1 heterocycles. The highest BCUT2D eigenvalue weighted by Gasteiger charge is 2.42. The first-order chi connectivity index (χ1) is 9.78. The molecule has 108 valence electrons. The SMILES string of the molecule is CN1C(=O)C(C)(C)c2ccc(N/N=C(\C#N)C(=N)N)cc21. The Bertz CT molecular complexity index is 698. The summed E-state index contributed by atoms with van der Waals surface area (Å²) in [6, 6.07) is 7.13. The van der Waals surface area contributed by atoms with Gasteiger partial charge in [-0.3, -0.25) is 15.6 Å². The van der Waals surface area contributed by atoms with Crippen molar-refractivity contribution in [3.8, 4) is 6.07 Å². The second kappa shape index (κ2) is 4.90. The van der Waals surface area contributed by atoms with Gasteiger partial charge in [0.1, 0.15) is 6.07 Å². The molecule has 0 atom stereocenters. The fraction of sp³-hybridized carbons (Fsp3) is 0.286. The minimum absolute atomic E-state index is 0.0274. The van der Waals surface area contributed by atoms with E-state index < -0.39 is 11.3 Å². The number of nitrogens with two attached hydrogens (primary N) is 1. The zero-order valence-corrected chi connectivity index (χ0v) is 12.1. The maximum absolute atomic E-state index is 12.2. The van der Waals surface area contributed by atoms with Gasteiger partial charge in [-0.15, -0.1) is 0 Å². The first-order valence-electron chi connectivity index (χ1n) is 6.30. The third-order valence-corrected chi connectivity index (χ3v) is 3.53. The summed E-state index contributed by atoms with van der Waals surface area (Å²) in [6.07, 6.45) is 0. The molecule has 0 radical (unpaired) electrons. The zero-order valence-electron chi connectivity index (χ0n) is 12.1. The number of benzene rings is 1. The van der Waals surface area contributed by atoms with Gasteiger partial charge in [0.2, 0.25) is 11.6 Å². The second-order valence-corrected chi connectivity index (χ2v) is 5.32. The average molecular weight is 284 g/mol. The van der Waals surface area contributed by atoms with Crippen molar-refractivity contribution in [3.05, 3.63) is 23.8 Å². The summed E-state index contributed by atoms with van der Waals surface area (Å²) in [7, 11) is 1.72. The Hall–Kier alpha value is -2.88. The van der Waals surface area contributed by atoms with Crippen LogP contribution in [0.5, 0.6) is 0 Å². The van der Waals surface area contributed by atoms with Crippen molar-refractivity contribution in [2.75, 3.05) is 17.4 Å². The molecular formula is C14H16N6O. The van der Waals surface area contributed by atoms with Crippen molar-refractivity contribution in [2.45, 2.75) is 19.3 Å². The van der Waals surface area contributed by atoms with Gasteiger partial charge in [0.25, 0.3) is 0 Å². The van der Waals surface area contributed by atoms with Crippen LogP contribution in [0.4, 0.5) is 11.4 Å². The van der Waals surface area contributed by atoms with E-state index in [0.717, 1.165) is 11.3 Å². The largest absolute Gasteiger partial charge is 0.382 e. The first-order valence-corrected chi connectivity index (χ1v) is 6.30. The summed E-state index contributed by atoms with van der Waals surface area (Å²) in [5, 5.41) is 19.7. The van der Waals surface area contributed by atoms with E-state index in [4.69, 9.17) is 16.4 Å². The predicted octanol–water partition coefficient (Wildman–Crippen LogP) is 1.17. The van der Waals surface area contributed by atoms with E-state index in [1.807, 2.05) is 19.9 Å². The molecule has 4 N–H and O–H groups in total. The number of hydrogen-bond donors (Lipinski definition) is 3. The van der Waals surface area contributed by atoms with Gasteiger partial charge in [-0.2, -0.15) is 10.4 Å². The minimum atomic E-state index is -0.552. The Labute approximate surface area is 122 Å². The molecule has 21 heavy (non-hydrogen) atoms. The normalized spacial score (nSPS) is 16.4. The predicted molar refractivity (Wildman–Crippen MR) is 81.5 cm³/mol. The summed E-state index contributed by atoms with van der Waals surface area (Å²) in [5.74, 6) is -0.376. The van der Waals surface area contributed by atoms with Crippen LogP contribution in [-0.2, 0) is 10.2 Å². The third-order valence-electron chi connectivity index (χ3n) is 3.53. The summed E-state index contributed by atoms with van der Waals surface area (Å²) in [4.78, 5) is 13.8. The van der Waals surface area contributed by atoms with Crippen LogP contribution in [0.2, 0.25) is 0 Å². The van der Waals surface area contributed by atoms with Crippen LogP contribution in [0.15, 0.2) is 23.3 Å². The number of amides is 1. The monoisotopic (exact) mass is 284 g/mol. The van der Waals surface area contributed by atoms with Crippen LogP contribution in [0.3, 0.4) is 0 Å². The minimum Gasteiger partial charge on any atom is -0.382 e. The Morgan fingerprint density at radius 3 is 2.76 bits per heavy atom. The van der Waals surface area contributed by atoms with Crippen molar-refractivity contribution < 1.29 is 4.79 Å². The number of hydrazone groups is 1. The van der Waals surface area contributed by atoms with Gasteiger partial charge in [-0.05, 0) is 31.5 Å². The fourth-order valence-corrected chi connectivity index (χ4v) is 2.32. The first kappa shape index (κ1) is 14.5. The number of fused-ring (bicyclic) bond motifs is 1. The Morgan fingerprint density at radius 1 is 1.52 bits per heavy atom. The molecule has 7 nitrogen and oxygen atoms in total. The lowest BCUT2D eigenvalue weighted by Crippen LogP contribution is -2.33. The lowest BCUT2D eigenvalue weighted by molar-refractivity contribution is -0.121. The highest BCUT2D eigenvalue weighted by atomic mass is 16.2. The molecule has 7 heteroatoms. The number of rotatable bonds is 3. The maximum Gasteiger partial charge on any atom is 0.236 e. The van der Waals surface area contributed by atoms with E-state index in [1.165, 1.54) is 0 Å². The number of nitrogens with one attached hydrogen (secondary N) is 2. The molecule has 0 saturated carbocycles. The zero-order chi connectivity index (χ0) is 15.8. The number of carbonyl (C=O) groups excluding carboxylic acids is 1. The number of hydrogen-bond acceptors (Lipinski definition) is 5. The number of nitriles is 1. The molecule has 0 unspecified atom stereocenters. The standard InChI is InChI=1S/C14H16N6O/c1-14(2)9-5-4-8(6-11(9)20(3)13(14)21)18-19-10(7-15)12(16)17/h4-6,18H,1-3H3,(H3,16,17)/b19-10+. The molecule has 0 bridgehead atoms. The van der Waals surface area contributed by atoms with Crippen molar-refractivity contribution in [3.63, 3.8) is 0 Å².